The molecule has 6 nitrogen and oxygen atoms in total. The molecule has 3 aromatic rings. The molecule has 3 rings (SSSR count). The standard InChI is InChI=1S/C22H24N2O4S/c1-27-13-11-23(22(26)20-10-5-12-28-20)17-21(25)24(16-19-9-6-14-29-19)15-18-7-3-2-4-8-18/h2-10,12,14H,11,13,15-17H2,1H3. The lowest BCUT2D eigenvalue weighted by molar-refractivity contribution is -0.133. The summed E-state index contributed by atoms with van der Waals surface area (Å²) >= 11 is 1.61. The van der Waals surface area contributed by atoms with E-state index in [9.17, 15) is 9.59 Å². The first-order valence-electron chi connectivity index (χ1n) is 9.33. The minimum atomic E-state index is -0.323. The summed E-state index contributed by atoms with van der Waals surface area (Å²) in [5.41, 5.74) is 1.04. The summed E-state index contributed by atoms with van der Waals surface area (Å²) < 4.78 is 10.3. The second-order valence-electron chi connectivity index (χ2n) is 6.51. The molecule has 1 aromatic carbocycles. The minimum Gasteiger partial charge on any atom is -0.459 e. The number of rotatable bonds is 10. The van der Waals surface area contributed by atoms with Crippen LogP contribution in [0.4, 0.5) is 0 Å². The zero-order valence-corrected chi connectivity index (χ0v) is 17.1. The van der Waals surface area contributed by atoms with E-state index in [-0.39, 0.29) is 24.1 Å². The summed E-state index contributed by atoms with van der Waals surface area (Å²) in [5.74, 6) is -0.240. The molecule has 0 atom stereocenters. The highest BCUT2D eigenvalue weighted by Gasteiger charge is 2.24. The lowest BCUT2D eigenvalue weighted by atomic mass is 10.2. The topological polar surface area (TPSA) is 63.0 Å². The number of hydrogen-bond donors (Lipinski definition) is 0. The van der Waals surface area contributed by atoms with Crippen molar-refractivity contribution in [2.24, 2.45) is 0 Å². The van der Waals surface area contributed by atoms with Gasteiger partial charge in [-0.2, -0.15) is 0 Å². The van der Waals surface area contributed by atoms with E-state index in [4.69, 9.17) is 9.15 Å². The van der Waals surface area contributed by atoms with Gasteiger partial charge in [0.1, 0.15) is 6.54 Å². The molecule has 0 saturated carbocycles. The Morgan fingerprint density at radius 1 is 1.00 bits per heavy atom. The fraction of sp³-hybridized carbons (Fsp3) is 0.273. The van der Waals surface area contributed by atoms with Gasteiger partial charge >= 0.3 is 0 Å². The first kappa shape index (κ1) is 20.8. The van der Waals surface area contributed by atoms with Gasteiger partial charge in [0.2, 0.25) is 5.91 Å². The molecule has 2 aromatic heterocycles. The number of carbonyl (C=O) groups excluding carboxylic acids is 2. The van der Waals surface area contributed by atoms with Crippen molar-refractivity contribution < 1.29 is 18.7 Å². The van der Waals surface area contributed by atoms with Gasteiger partial charge in [-0.05, 0) is 29.1 Å². The SMILES string of the molecule is COCCN(CC(=O)N(Cc1ccccc1)Cc1cccs1)C(=O)c1ccco1. The fourth-order valence-corrected chi connectivity index (χ4v) is 3.62. The average Bonchev–Trinajstić information content (AvgIpc) is 3.45. The zero-order valence-electron chi connectivity index (χ0n) is 16.3. The number of thiophene rings is 1. The van der Waals surface area contributed by atoms with Gasteiger partial charge in [0, 0.05) is 25.1 Å². The molecule has 0 unspecified atom stereocenters. The van der Waals surface area contributed by atoms with E-state index < -0.39 is 0 Å². The molecule has 0 aliphatic heterocycles. The number of amides is 2. The van der Waals surface area contributed by atoms with Crippen molar-refractivity contribution in [3.8, 4) is 0 Å². The van der Waals surface area contributed by atoms with Gasteiger partial charge in [-0.25, -0.2) is 0 Å². The van der Waals surface area contributed by atoms with Crippen molar-refractivity contribution in [1.29, 1.82) is 0 Å². The number of benzene rings is 1. The Balaban J connectivity index is 1.75. The third-order valence-electron chi connectivity index (χ3n) is 4.41. The molecule has 0 aliphatic carbocycles. The van der Waals surface area contributed by atoms with Gasteiger partial charge in [0.25, 0.3) is 5.91 Å². The van der Waals surface area contributed by atoms with Gasteiger partial charge in [-0.1, -0.05) is 36.4 Å². The summed E-state index contributed by atoms with van der Waals surface area (Å²) in [6.07, 6.45) is 1.45. The molecular formula is C22H24N2O4S. The van der Waals surface area contributed by atoms with Crippen LogP contribution in [0.2, 0.25) is 0 Å². The van der Waals surface area contributed by atoms with Crippen molar-refractivity contribution in [3.05, 3.63) is 82.4 Å². The lowest BCUT2D eigenvalue weighted by Crippen LogP contribution is -2.43. The van der Waals surface area contributed by atoms with E-state index in [1.54, 1.807) is 35.5 Å². The summed E-state index contributed by atoms with van der Waals surface area (Å²) in [4.78, 5) is 30.3. The molecule has 0 radical (unpaired) electrons. The first-order chi connectivity index (χ1) is 14.2. The maximum atomic E-state index is 13.2. The van der Waals surface area contributed by atoms with E-state index in [1.165, 1.54) is 11.2 Å². The Morgan fingerprint density at radius 2 is 1.83 bits per heavy atom. The number of carbonyl (C=O) groups is 2. The highest BCUT2D eigenvalue weighted by molar-refractivity contribution is 7.09. The number of ether oxygens (including phenoxy) is 1. The molecule has 0 bridgehead atoms. The van der Waals surface area contributed by atoms with E-state index in [0.29, 0.717) is 26.2 Å². The van der Waals surface area contributed by atoms with Crippen molar-refractivity contribution in [3.63, 3.8) is 0 Å². The van der Waals surface area contributed by atoms with Crippen LogP contribution in [0.5, 0.6) is 0 Å². The Kier molecular flexibility index (Phi) is 7.61. The largest absolute Gasteiger partial charge is 0.459 e. The number of methoxy groups -OCH3 is 1. The predicted molar refractivity (Wildman–Crippen MR) is 112 cm³/mol. The molecule has 7 heteroatoms. The van der Waals surface area contributed by atoms with Gasteiger partial charge in [0.15, 0.2) is 5.76 Å². The molecule has 2 heterocycles. The summed E-state index contributed by atoms with van der Waals surface area (Å²) in [6, 6.07) is 17.1. The smallest absolute Gasteiger partial charge is 0.290 e. The molecule has 2 amide bonds. The van der Waals surface area contributed by atoms with Gasteiger partial charge in [-0.3, -0.25) is 9.59 Å². The quantitative estimate of drug-likeness (QED) is 0.510. The van der Waals surface area contributed by atoms with E-state index in [1.807, 2.05) is 47.8 Å². The van der Waals surface area contributed by atoms with Crippen LogP contribution in [0, 0.1) is 0 Å². The Labute approximate surface area is 174 Å². The monoisotopic (exact) mass is 412 g/mol. The maximum absolute atomic E-state index is 13.2. The van der Waals surface area contributed by atoms with E-state index >= 15 is 0 Å². The van der Waals surface area contributed by atoms with Crippen LogP contribution in [0.25, 0.3) is 0 Å². The summed E-state index contributed by atoms with van der Waals surface area (Å²) in [5, 5.41) is 1.99. The third-order valence-corrected chi connectivity index (χ3v) is 5.27. The predicted octanol–water partition coefficient (Wildman–Crippen LogP) is 3.66. The van der Waals surface area contributed by atoms with Crippen LogP contribution >= 0.6 is 11.3 Å². The molecule has 0 N–H and O–H groups in total. The molecular weight excluding hydrogens is 388 g/mol. The highest BCUT2D eigenvalue weighted by atomic mass is 32.1. The van der Waals surface area contributed by atoms with Crippen molar-refractivity contribution in [1.82, 2.24) is 9.80 Å². The minimum absolute atomic E-state index is 0.0406. The van der Waals surface area contributed by atoms with Crippen molar-refractivity contribution in [2.45, 2.75) is 13.1 Å². The van der Waals surface area contributed by atoms with Gasteiger partial charge < -0.3 is 19.0 Å². The van der Waals surface area contributed by atoms with Crippen LogP contribution in [-0.4, -0.2) is 48.4 Å². The summed E-state index contributed by atoms with van der Waals surface area (Å²) in [7, 11) is 1.57. The van der Waals surface area contributed by atoms with E-state index in [0.717, 1.165) is 10.4 Å². The second-order valence-corrected chi connectivity index (χ2v) is 7.54. The lowest BCUT2D eigenvalue weighted by Gasteiger charge is -2.27. The zero-order chi connectivity index (χ0) is 20.5. The highest BCUT2D eigenvalue weighted by Crippen LogP contribution is 2.16. The van der Waals surface area contributed by atoms with Gasteiger partial charge in [-0.15, -0.1) is 11.3 Å². The molecule has 0 spiro atoms. The van der Waals surface area contributed by atoms with Crippen LogP contribution in [0.15, 0.2) is 70.7 Å². The molecule has 29 heavy (non-hydrogen) atoms. The molecule has 152 valence electrons. The Hall–Kier alpha value is -2.90. The van der Waals surface area contributed by atoms with Crippen molar-refractivity contribution >= 4 is 23.2 Å². The molecule has 0 aliphatic rings. The van der Waals surface area contributed by atoms with Crippen LogP contribution in [0.1, 0.15) is 21.0 Å². The molecule has 0 saturated heterocycles. The number of nitrogens with zero attached hydrogens (tertiary/aromatic N) is 2. The normalized spacial score (nSPS) is 10.7. The van der Waals surface area contributed by atoms with Crippen molar-refractivity contribution in [2.75, 3.05) is 26.8 Å². The average molecular weight is 413 g/mol. The third kappa shape index (κ3) is 6.04. The molecule has 0 fully saturated rings. The summed E-state index contributed by atoms with van der Waals surface area (Å²) in [6.45, 7) is 1.58. The van der Waals surface area contributed by atoms with Crippen LogP contribution in [-0.2, 0) is 22.6 Å². The van der Waals surface area contributed by atoms with Crippen LogP contribution < -0.4 is 0 Å². The fourth-order valence-electron chi connectivity index (χ4n) is 2.90. The van der Waals surface area contributed by atoms with Crippen LogP contribution in [0.3, 0.4) is 0 Å². The van der Waals surface area contributed by atoms with E-state index in [2.05, 4.69) is 0 Å². The Morgan fingerprint density at radius 3 is 2.48 bits per heavy atom. The van der Waals surface area contributed by atoms with Gasteiger partial charge in [0.05, 0.1) is 19.4 Å². The Bertz CT molecular complexity index is 879. The number of furan rings is 1. The maximum Gasteiger partial charge on any atom is 0.290 e. The second kappa shape index (κ2) is 10.6. The number of hydrogen-bond acceptors (Lipinski definition) is 5. The first-order valence-corrected chi connectivity index (χ1v) is 10.2.